The first-order chi connectivity index (χ1) is 9.99. The molecule has 5 heteroatoms. The molecule has 4 nitrogen and oxygen atoms in total. The third-order valence-electron chi connectivity index (χ3n) is 4.52. The van der Waals surface area contributed by atoms with E-state index in [0.717, 1.165) is 41.8 Å². The molecule has 21 heavy (non-hydrogen) atoms. The van der Waals surface area contributed by atoms with Gasteiger partial charge in [0.15, 0.2) is 0 Å². The summed E-state index contributed by atoms with van der Waals surface area (Å²) in [6.45, 7) is 5.75. The van der Waals surface area contributed by atoms with Gasteiger partial charge in [-0.05, 0) is 50.4 Å². The van der Waals surface area contributed by atoms with Crippen LogP contribution in [-0.2, 0) is 6.42 Å². The van der Waals surface area contributed by atoms with Crippen LogP contribution in [0.25, 0.3) is 5.57 Å². The number of anilines is 1. The summed E-state index contributed by atoms with van der Waals surface area (Å²) in [5.74, 6) is -0.967. The van der Waals surface area contributed by atoms with Crippen molar-refractivity contribution in [2.45, 2.75) is 32.7 Å². The first-order valence-electron chi connectivity index (χ1n) is 7.28. The van der Waals surface area contributed by atoms with Crippen LogP contribution < -0.4 is 16.4 Å². The normalized spacial score (nSPS) is 20.8. The molecule has 1 aromatic rings. The molecule has 0 saturated carbocycles. The van der Waals surface area contributed by atoms with Gasteiger partial charge in [-0.2, -0.15) is 0 Å². The lowest BCUT2D eigenvalue weighted by Crippen LogP contribution is -2.24. The Morgan fingerprint density at radius 2 is 2.24 bits per heavy atom. The number of amides is 1. The summed E-state index contributed by atoms with van der Waals surface area (Å²) in [6.07, 6.45) is 1.63. The smallest absolute Gasteiger partial charge is 0.249 e. The summed E-state index contributed by atoms with van der Waals surface area (Å²) in [4.78, 5) is 11.6. The van der Waals surface area contributed by atoms with Crippen LogP contribution >= 0.6 is 0 Å². The summed E-state index contributed by atoms with van der Waals surface area (Å²) in [7, 11) is 0. The fourth-order valence-electron chi connectivity index (χ4n) is 3.24. The maximum absolute atomic E-state index is 14.5. The number of benzene rings is 1. The van der Waals surface area contributed by atoms with Crippen LogP contribution in [0.1, 0.15) is 41.8 Å². The van der Waals surface area contributed by atoms with Gasteiger partial charge in [-0.1, -0.05) is 5.57 Å². The van der Waals surface area contributed by atoms with Crippen LogP contribution in [-0.4, -0.2) is 25.0 Å². The van der Waals surface area contributed by atoms with E-state index < -0.39 is 11.7 Å². The standard InChI is InChI=1S/C16H20FN3O/c1-8-5-11-12(16(18)21)6-13(17)15(14(11)9(8)2)20-10-3-4-19-7-10/h6,10,19-20H,3-5,7H2,1-2H3,(H2,18,21). The van der Waals surface area contributed by atoms with E-state index >= 15 is 0 Å². The van der Waals surface area contributed by atoms with Crippen molar-refractivity contribution < 1.29 is 9.18 Å². The van der Waals surface area contributed by atoms with E-state index in [1.54, 1.807) is 0 Å². The lowest BCUT2D eigenvalue weighted by atomic mass is 9.97. The summed E-state index contributed by atoms with van der Waals surface area (Å²) < 4.78 is 14.5. The average Bonchev–Trinajstić information content (AvgIpc) is 3.02. The van der Waals surface area contributed by atoms with Crippen LogP contribution in [0.15, 0.2) is 11.6 Å². The van der Waals surface area contributed by atoms with Gasteiger partial charge in [0.1, 0.15) is 5.82 Å². The van der Waals surface area contributed by atoms with Gasteiger partial charge in [0, 0.05) is 23.7 Å². The van der Waals surface area contributed by atoms with E-state index in [9.17, 15) is 9.18 Å². The third-order valence-corrected chi connectivity index (χ3v) is 4.52. The predicted octanol–water partition coefficient (Wildman–Crippen LogP) is 2.05. The first kappa shape index (κ1) is 14.1. The third kappa shape index (κ3) is 2.31. The molecule has 1 aromatic carbocycles. The van der Waals surface area contributed by atoms with Crippen molar-refractivity contribution >= 4 is 17.2 Å². The van der Waals surface area contributed by atoms with E-state index in [0.29, 0.717) is 17.7 Å². The molecule has 1 heterocycles. The van der Waals surface area contributed by atoms with Gasteiger partial charge in [0.25, 0.3) is 0 Å². The van der Waals surface area contributed by atoms with Crippen molar-refractivity contribution in [2.75, 3.05) is 18.4 Å². The average molecular weight is 289 g/mol. The number of rotatable bonds is 3. The second-order valence-corrected chi connectivity index (χ2v) is 5.91. The zero-order valence-corrected chi connectivity index (χ0v) is 12.3. The quantitative estimate of drug-likeness (QED) is 0.798. The molecule has 1 saturated heterocycles. The minimum Gasteiger partial charge on any atom is -0.378 e. The number of nitrogens with one attached hydrogen (secondary N) is 2. The Kier molecular flexibility index (Phi) is 3.45. The monoisotopic (exact) mass is 289 g/mol. The van der Waals surface area contributed by atoms with Crippen LogP contribution in [0, 0.1) is 5.82 Å². The predicted molar refractivity (Wildman–Crippen MR) is 81.8 cm³/mol. The highest BCUT2D eigenvalue weighted by molar-refractivity contribution is 5.99. The van der Waals surface area contributed by atoms with Gasteiger partial charge in [-0.25, -0.2) is 4.39 Å². The highest BCUT2D eigenvalue weighted by Crippen LogP contribution is 2.41. The lowest BCUT2D eigenvalue weighted by Gasteiger charge is -2.19. The minimum atomic E-state index is -0.568. The van der Waals surface area contributed by atoms with Crippen LogP contribution in [0.4, 0.5) is 10.1 Å². The van der Waals surface area contributed by atoms with Gasteiger partial charge in [0.2, 0.25) is 5.91 Å². The Morgan fingerprint density at radius 1 is 1.48 bits per heavy atom. The largest absolute Gasteiger partial charge is 0.378 e. The van der Waals surface area contributed by atoms with E-state index in [1.165, 1.54) is 6.07 Å². The number of primary amides is 1. The maximum atomic E-state index is 14.5. The van der Waals surface area contributed by atoms with E-state index in [-0.39, 0.29) is 6.04 Å². The van der Waals surface area contributed by atoms with Crippen molar-refractivity contribution in [1.29, 1.82) is 0 Å². The Labute approximate surface area is 123 Å². The molecule has 0 aromatic heterocycles. The highest BCUT2D eigenvalue weighted by atomic mass is 19.1. The lowest BCUT2D eigenvalue weighted by molar-refractivity contribution is 0.0999. The van der Waals surface area contributed by atoms with Crippen molar-refractivity contribution in [3.05, 3.63) is 34.1 Å². The second kappa shape index (κ2) is 5.15. The fourth-order valence-corrected chi connectivity index (χ4v) is 3.24. The van der Waals surface area contributed by atoms with E-state index in [1.807, 2.05) is 13.8 Å². The highest BCUT2D eigenvalue weighted by Gasteiger charge is 2.28. The van der Waals surface area contributed by atoms with Gasteiger partial charge >= 0.3 is 0 Å². The number of allylic oxidation sites excluding steroid dienone is 2. The molecule has 3 rings (SSSR count). The van der Waals surface area contributed by atoms with Crippen molar-refractivity contribution in [2.24, 2.45) is 5.73 Å². The summed E-state index contributed by atoms with van der Waals surface area (Å²) >= 11 is 0. The Bertz CT molecular complexity index is 645. The molecule has 0 radical (unpaired) electrons. The van der Waals surface area contributed by atoms with Crippen LogP contribution in [0.2, 0.25) is 0 Å². The summed E-state index contributed by atoms with van der Waals surface area (Å²) in [5.41, 5.74) is 10.1. The van der Waals surface area contributed by atoms with Crippen molar-refractivity contribution in [3.63, 3.8) is 0 Å². The molecule has 1 aliphatic carbocycles. The van der Waals surface area contributed by atoms with Crippen molar-refractivity contribution in [3.8, 4) is 0 Å². The van der Waals surface area contributed by atoms with E-state index in [4.69, 9.17) is 5.73 Å². The maximum Gasteiger partial charge on any atom is 0.249 e. The molecule has 1 aliphatic heterocycles. The zero-order chi connectivity index (χ0) is 15.1. The number of hydrogen-bond donors (Lipinski definition) is 3. The van der Waals surface area contributed by atoms with E-state index in [2.05, 4.69) is 10.6 Å². The van der Waals surface area contributed by atoms with Crippen molar-refractivity contribution in [1.82, 2.24) is 5.32 Å². The van der Waals surface area contributed by atoms with Gasteiger partial charge in [-0.3, -0.25) is 4.79 Å². The number of carbonyl (C=O) groups is 1. The van der Waals surface area contributed by atoms with Gasteiger partial charge < -0.3 is 16.4 Å². The molecule has 112 valence electrons. The SMILES string of the molecule is CC1=C(C)c2c(c(C(N)=O)cc(F)c2NC2CCNC2)C1. The second-order valence-electron chi connectivity index (χ2n) is 5.91. The zero-order valence-electron chi connectivity index (χ0n) is 12.3. The number of halogens is 1. The molecule has 2 aliphatic rings. The Hall–Kier alpha value is -1.88. The molecule has 4 N–H and O–H groups in total. The first-order valence-corrected chi connectivity index (χ1v) is 7.28. The minimum absolute atomic E-state index is 0.219. The molecule has 0 bridgehead atoms. The fraction of sp³-hybridized carbons (Fsp3) is 0.438. The summed E-state index contributed by atoms with van der Waals surface area (Å²) in [6, 6.07) is 1.49. The molecule has 1 fully saturated rings. The molecule has 0 spiro atoms. The molecule has 1 unspecified atom stereocenters. The number of hydrogen-bond acceptors (Lipinski definition) is 3. The molecule has 1 atom stereocenters. The topological polar surface area (TPSA) is 67.2 Å². The van der Waals surface area contributed by atoms with Gasteiger partial charge in [0.05, 0.1) is 5.69 Å². The molecule has 1 amide bonds. The van der Waals surface area contributed by atoms with Crippen LogP contribution in [0.5, 0.6) is 0 Å². The van der Waals surface area contributed by atoms with Crippen LogP contribution in [0.3, 0.4) is 0 Å². The number of carbonyl (C=O) groups excluding carboxylic acids is 1. The Morgan fingerprint density at radius 3 is 2.86 bits per heavy atom. The molecular weight excluding hydrogens is 269 g/mol. The molecular formula is C16H20FN3O. The van der Waals surface area contributed by atoms with Gasteiger partial charge in [-0.15, -0.1) is 0 Å². The number of nitrogens with two attached hydrogens (primary N) is 1. The number of fused-ring (bicyclic) bond motifs is 1. The Balaban J connectivity index is 2.11. The summed E-state index contributed by atoms with van der Waals surface area (Å²) in [5, 5.41) is 6.56.